The van der Waals surface area contributed by atoms with Crippen molar-refractivity contribution < 1.29 is 24.2 Å². The maximum Gasteiger partial charge on any atom is 0.244 e. The summed E-state index contributed by atoms with van der Waals surface area (Å²) in [5.41, 5.74) is 0.648. The lowest BCUT2D eigenvalue weighted by Gasteiger charge is -2.39. The van der Waals surface area contributed by atoms with E-state index >= 15 is 0 Å². The molecule has 2 bridgehead atoms. The Labute approximate surface area is 217 Å². The minimum atomic E-state index is -0.702. The van der Waals surface area contributed by atoms with Crippen molar-refractivity contribution in [1.82, 2.24) is 10.2 Å². The van der Waals surface area contributed by atoms with Crippen molar-refractivity contribution in [2.75, 3.05) is 25.1 Å². The fourth-order valence-electron chi connectivity index (χ4n) is 6.33. The third kappa shape index (κ3) is 4.49. The Morgan fingerprint density at radius 2 is 1.94 bits per heavy atom. The number of carbonyl (C=O) groups is 3. The molecule has 1 spiro atoms. The van der Waals surface area contributed by atoms with Crippen LogP contribution in [0.5, 0.6) is 5.75 Å². The van der Waals surface area contributed by atoms with Gasteiger partial charge in [0.2, 0.25) is 17.7 Å². The number of benzene rings is 1. The molecule has 0 aliphatic carbocycles. The first-order chi connectivity index (χ1) is 17.3. The molecule has 3 saturated heterocycles. The van der Waals surface area contributed by atoms with Crippen molar-refractivity contribution in [1.29, 1.82) is 0 Å². The molecule has 3 heterocycles. The maximum absolute atomic E-state index is 13.9. The number of nitrogens with one attached hydrogen (secondary N) is 2. The van der Waals surface area contributed by atoms with Gasteiger partial charge in [-0.1, -0.05) is 26.7 Å². The van der Waals surface area contributed by atoms with Gasteiger partial charge in [0.1, 0.15) is 11.8 Å². The number of hydrogen-bond donors (Lipinski definition) is 3. The van der Waals surface area contributed by atoms with Gasteiger partial charge in [0.25, 0.3) is 0 Å². The summed E-state index contributed by atoms with van der Waals surface area (Å²) in [4.78, 5) is 42.7. The molecule has 3 aliphatic heterocycles. The molecule has 7 atom stereocenters. The number of nitrogens with zero attached hydrogens (tertiary/aromatic N) is 1. The number of amides is 3. The van der Waals surface area contributed by atoms with E-state index in [-0.39, 0.29) is 35.5 Å². The third-order valence-corrected chi connectivity index (χ3v) is 10.1. The summed E-state index contributed by atoms with van der Waals surface area (Å²) in [7, 11) is 0. The Hall–Kier alpha value is -2.26. The van der Waals surface area contributed by atoms with Crippen LogP contribution in [0.1, 0.15) is 53.4 Å². The quantitative estimate of drug-likeness (QED) is 0.390. The van der Waals surface area contributed by atoms with Crippen LogP contribution in [0.3, 0.4) is 0 Å². The maximum atomic E-state index is 13.9. The normalized spacial score (nSPS) is 31.3. The number of carbonyl (C=O) groups excluding carboxylic acids is 3. The van der Waals surface area contributed by atoms with E-state index in [0.29, 0.717) is 18.8 Å². The molecule has 0 radical (unpaired) electrons. The van der Waals surface area contributed by atoms with Gasteiger partial charge in [0.15, 0.2) is 0 Å². The van der Waals surface area contributed by atoms with Crippen LogP contribution in [-0.2, 0) is 14.4 Å². The van der Waals surface area contributed by atoms with Gasteiger partial charge in [0, 0.05) is 17.5 Å². The Morgan fingerprint density at radius 3 is 2.58 bits per heavy atom. The van der Waals surface area contributed by atoms with Gasteiger partial charge in [-0.3, -0.25) is 14.4 Å². The second-order valence-electron chi connectivity index (χ2n) is 10.3. The van der Waals surface area contributed by atoms with Crippen LogP contribution in [0.4, 0.5) is 5.69 Å². The van der Waals surface area contributed by atoms with E-state index in [1.54, 1.807) is 35.7 Å². The van der Waals surface area contributed by atoms with Crippen molar-refractivity contribution in [3.05, 3.63) is 24.3 Å². The average Bonchev–Trinajstić information content (AvgIpc) is 3.46. The molecule has 9 heteroatoms. The summed E-state index contributed by atoms with van der Waals surface area (Å²) in [6.07, 6.45) is 3.73. The molecule has 0 saturated carbocycles. The Morgan fingerprint density at radius 1 is 1.22 bits per heavy atom. The number of aliphatic hydroxyl groups excluding tert-OH is 1. The Kier molecular flexibility index (Phi) is 8.19. The van der Waals surface area contributed by atoms with Gasteiger partial charge in [0.05, 0.1) is 35.8 Å². The first-order valence-electron chi connectivity index (χ1n) is 13.2. The smallest absolute Gasteiger partial charge is 0.244 e. The molecule has 3 N–H and O–H groups in total. The van der Waals surface area contributed by atoms with Crippen LogP contribution in [0, 0.1) is 17.8 Å². The van der Waals surface area contributed by atoms with Crippen molar-refractivity contribution in [2.24, 2.45) is 17.8 Å². The third-order valence-electron chi connectivity index (χ3n) is 7.99. The largest absolute Gasteiger partial charge is 0.494 e. The van der Waals surface area contributed by atoms with E-state index in [1.807, 2.05) is 19.1 Å². The summed E-state index contributed by atoms with van der Waals surface area (Å²) >= 11 is 1.64. The summed E-state index contributed by atoms with van der Waals surface area (Å²) in [6.45, 7) is 8.77. The van der Waals surface area contributed by atoms with Gasteiger partial charge in [-0.05, 0) is 56.9 Å². The topological polar surface area (TPSA) is 108 Å². The number of hydrogen-bond acceptors (Lipinski definition) is 6. The standard InChI is InChI=1S/C27H39N3O5S/c1-5-7-8-13-28-25(33)23-27-16(3)14-20(36-27)21(22(27)26(34)30(23)17(4)15-31)24(32)29-18-9-11-19(12-10-18)35-6-2/h9-12,16-17,20-23,31H,5-8,13-15H2,1-4H3,(H,28,33)(H,29,32)/t16?,17-,20+,21-,22+,23?,27?/m1/s1. The zero-order chi connectivity index (χ0) is 26.0. The molecule has 0 aromatic heterocycles. The van der Waals surface area contributed by atoms with Gasteiger partial charge in [-0.15, -0.1) is 11.8 Å². The van der Waals surface area contributed by atoms with E-state index in [1.165, 1.54) is 0 Å². The van der Waals surface area contributed by atoms with Crippen LogP contribution >= 0.6 is 11.8 Å². The molecule has 1 aromatic rings. The summed E-state index contributed by atoms with van der Waals surface area (Å²) in [5, 5.41) is 16.0. The number of anilines is 1. The monoisotopic (exact) mass is 517 g/mol. The highest BCUT2D eigenvalue weighted by Gasteiger charge is 2.76. The molecular formula is C27H39N3O5S. The number of likely N-dealkylation sites (tertiary alicyclic amines) is 1. The van der Waals surface area contributed by atoms with Crippen molar-refractivity contribution in [2.45, 2.75) is 75.5 Å². The number of aliphatic hydroxyl groups is 1. The highest BCUT2D eigenvalue weighted by atomic mass is 32.2. The molecule has 198 valence electrons. The lowest BCUT2D eigenvalue weighted by Crippen LogP contribution is -2.58. The molecule has 3 amide bonds. The average molecular weight is 518 g/mol. The van der Waals surface area contributed by atoms with Crippen LogP contribution in [-0.4, -0.2) is 69.6 Å². The number of rotatable bonds is 11. The zero-order valence-corrected chi connectivity index (χ0v) is 22.5. The van der Waals surface area contributed by atoms with E-state index in [2.05, 4.69) is 24.5 Å². The number of ether oxygens (including phenoxy) is 1. The van der Waals surface area contributed by atoms with Crippen molar-refractivity contribution in [3.8, 4) is 5.75 Å². The van der Waals surface area contributed by atoms with Crippen molar-refractivity contribution in [3.63, 3.8) is 0 Å². The predicted octanol–water partition coefficient (Wildman–Crippen LogP) is 3.05. The first-order valence-corrected chi connectivity index (χ1v) is 14.1. The molecule has 4 rings (SSSR count). The Balaban J connectivity index is 1.61. The van der Waals surface area contributed by atoms with Gasteiger partial charge in [-0.2, -0.15) is 0 Å². The fourth-order valence-corrected chi connectivity index (χ4v) is 8.74. The van der Waals surface area contributed by atoms with Gasteiger partial charge in [-0.25, -0.2) is 0 Å². The summed E-state index contributed by atoms with van der Waals surface area (Å²) in [5.74, 6) is -0.863. The van der Waals surface area contributed by atoms with E-state index in [4.69, 9.17) is 4.74 Å². The fraction of sp³-hybridized carbons (Fsp3) is 0.667. The van der Waals surface area contributed by atoms with Gasteiger partial charge < -0.3 is 25.4 Å². The van der Waals surface area contributed by atoms with Crippen LogP contribution in [0.25, 0.3) is 0 Å². The highest BCUT2D eigenvalue weighted by Crippen LogP contribution is 2.68. The first kappa shape index (κ1) is 26.8. The summed E-state index contributed by atoms with van der Waals surface area (Å²) in [6, 6.07) is 6.00. The lowest BCUT2D eigenvalue weighted by atomic mass is 9.66. The number of fused-ring (bicyclic) bond motifs is 1. The minimum Gasteiger partial charge on any atom is -0.494 e. The van der Waals surface area contributed by atoms with Crippen molar-refractivity contribution >= 4 is 35.2 Å². The predicted molar refractivity (Wildman–Crippen MR) is 141 cm³/mol. The van der Waals surface area contributed by atoms with E-state index in [0.717, 1.165) is 31.4 Å². The summed E-state index contributed by atoms with van der Waals surface area (Å²) < 4.78 is 4.80. The Bertz CT molecular complexity index is 973. The molecule has 36 heavy (non-hydrogen) atoms. The van der Waals surface area contributed by atoms with Crippen LogP contribution in [0.2, 0.25) is 0 Å². The second-order valence-corrected chi connectivity index (χ2v) is 11.8. The molecule has 1 aromatic carbocycles. The molecule has 3 fully saturated rings. The molecule has 8 nitrogen and oxygen atoms in total. The molecular weight excluding hydrogens is 478 g/mol. The van der Waals surface area contributed by atoms with Crippen LogP contribution in [0.15, 0.2) is 24.3 Å². The van der Waals surface area contributed by atoms with E-state index < -0.39 is 28.7 Å². The van der Waals surface area contributed by atoms with E-state index in [9.17, 15) is 19.5 Å². The highest BCUT2D eigenvalue weighted by molar-refractivity contribution is 8.02. The molecule has 3 unspecified atom stereocenters. The minimum absolute atomic E-state index is 0.0291. The second kappa shape index (κ2) is 11.0. The lowest BCUT2D eigenvalue weighted by molar-refractivity contribution is -0.141. The van der Waals surface area contributed by atoms with Gasteiger partial charge >= 0.3 is 0 Å². The molecule has 3 aliphatic rings. The number of thioether (sulfide) groups is 1. The number of unbranched alkanes of at least 4 members (excludes halogenated alkanes) is 2. The SMILES string of the molecule is CCCCCNC(=O)C1N([C@H](C)CO)C(=O)[C@@H]2[C@H](C(=O)Nc3ccc(OCC)cc3)[C@@H]3CC(C)C12S3. The zero-order valence-electron chi connectivity index (χ0n) is 21.7. The van der Waals surface area contributed by atoms with Crippen LogP contribution < -0.4 is 15.4 Å².